The summed E-state index contributed by atoms with van der Waals surface area (Å²) in [6.07, 6.45) is 1.06. The molecule has 0 radical (unpaired) electrons. The summed E-state index contributed by atoms with van der Waals surface area (Å²) in [7, 11) is 0. The van der Waals surface area contributed by atoms with Gasteiger partial charge in [-0.3, -0.25) is 0 Å². The van der Waals surface area contributed by atoms with Crippen LogP contribution in [0.3, 0.4) is 0 Å². The van der Waals surface area contributed by atoms with Gasteiger partial charge in [0.15, 0.2) is 0 Å². The molecule has 0 aliphatic heterocycles. The third-order valence-electron chi connectivity index (χ3n) is 3.83. The van der Waals surface area contributed by atoms with E-state index in [1.165, 1.54) is 39.0 Å². The minimum Gasteiger partial charge on any atom is -0.0905 e. The number of fused-ring (bicyclic) bond motifs is 4. The molecule has 0 amide bonds. The van der Waals surface area contributed by atoms with Crippen LogP contribution in [0.15, 0.2) is 55.1 Å². The Hall–Kier alpha value is -2.08. The van der Waals surface area contributed by atoms with Crippen molar-refractivity contribution >= 4 is 16.7 Å². The smallest absolute Gasteiger partial charge is 0.000706 e. The molecule has 0 saturated heterocycles. The average Bonchev–Trinajstić information content (AvgIpc) is 2.88. The molecule has 0 spiro atoms. The summed E-state index contributed by atoms with van der Waals surface area (Å²) in [6.45, 7) is 4.28. The van der Waals surface area contributed by atoms with Gasteiger partial charge in [-0.25, -0.2) is 0 Å². The van der Waals surface area contributed by atoms with Crippen molar-refractivity contribution in [1.29, 1.82) is 0 Å². The van der Waals surface area contributed by atoms with Gasteiger partial charge in [0.05, 0.1) is 0 Å². The van der Waals surface area contributed by atoms with E-state index in [1.807, 2.05) is 0 Å². The zero-order chi connectivity index (χ0) is 11.4. The molecule has 0 fully saturated rings. The molecular formula is C17H12. The van der Waals surface area contributed by atoms with Crippen LogP contribution in [-0.2, 0) is 6.42 Å². The van der Waals surface area contributed by atoms with Gasteiger partial charge in [-0.15, -0.1) is 0 Å². The molecule has 2 aromatic rings. The highest BCUT2D eigenvalue weighted by Gasteiger charge is 2.31. The molecule has 2 aliphatic rings. The van der Waals surface area contributed by atoms with Crippen LogP contribution in [0.25, 0.3) is 16.7 Å². The van der Waals surface area contributed by atoms with Crippen LogP contribution in [0.2, 0.25) is 0 Å². The van der Waals surface area contributed by atoms with Crippen molar-refractivity contribution in [3.63, 3.8) is 0 Å². The number of hydrogen-bond acceptors (Lipinski definition) is 0. The summed E-state index contributed by atoms with van der Waals surface area (Å²) in [4.78, 5) is 0. The Morgan fingerprint density at radius 1 is 0.765 bits per heavy atom. The Kier molecular flexibility index (Phi) is 1.58. The molecular weight excluding hydrogens is 204 g/mol. The maximum absolute atomic E-state index is 4.28. The number of allylic oxidation sites excluding steroid dienone is 3. The second-order valence-electron chi connectivity index (χ2n) is 4.71. The van der Waals surface area contributed by atoms with Crippen LogP contribution >= 0.6 is 0 Å². The van der Waals surface area contributed by atoms with Crippen LogP contribution in [0.5, 0.6) is 0 Å². The van der Waals surface area contributed by atoms with E-state index >= 15 is 0 Å². The molecule has 0 saturated carbocycles. The Morgan fingerprint density at radius 3 is 2.24 bits per heavy atom. The summed E-state index contributed by atoms with van der Waals surface area (Å²) in [5, 5.41) is 0. The van der Waals surface area contributed by atoms with E-state index in [0.29, 0.717) is 0 Å². The summed E-state index contributed by atoms with van der Waals surface area (Å²) in [6, 6.07) is 17.3. The highest BCUT2D eigenvalue weighted by Crippen LogP contribution is 2.51. The number of rotatable bonds is 0. The van der Waals surface area contributed by atoms with Crippen molar-refractivity contribution in [1.82, 2.24) is 0 Å². The van der Waals surface area contributed by atoms with Crippen molar-refractivity contribution in [3.05, 3.63) is 77.4 Å². The van der Waals surface area contributed by atoms with E-state index in [0.717, 1.165) is 6.42 Å². The summed E-state index contributed by atoms with van der Waals surface area (Å²) in [5.74, 6) is 0. The van der Waals surface area contributed by atoms with E-state index in [4.69, 9.17) is 0 Å². The Bertz CT molecular complexity index is 687. The lowest BCUT2D eigenvalue weighted by Gasteiger charge is -2.07. The molecule has 4 rings (SSSR count). The monoisotopic (exact) mass is 216 g/mol. The zero-order valence-corrected chi connectivity index (χ0v) is 9.53. The third kappa shape index (κ3) is 1.03. The molecule has 0 heteroatoms. The minimum atomic E-state index is 1.06. The predicted octanol–water partition coefficient (Wildman–Crippen LogP) is 4.18. The highest BCUT2D eigenvalue weighted by atomic mass is 14.3. The van der Waals surface area contributed by atoms with E-state index in [1.54, 1.807) is 0 Å². The number of benzene rings is 2. The second-order valence-corrected chi connectivity index (χ2v) is 4.71. The molecule has 0 atom stereocenters. The van der Waals surface area contributed by atoms with E-state index in [2.05, 4.69) is 55.1 Å². The normalized spacial score (nSPS) is 15.9. The molecule has 80 valence electrons. The molecule has 0 aromatic heterocycles. The lowest BCUT2D eigenvalue weighted by Crippen LogP contribution is -1.89. The van der Waals surface area contributed by atoms with Gasteiger partial charge in [0, 0.05) is 0 Å². The van der Waals surface area contributed by atoms with Gasteiger partial charge in [-0.05, 0) is 45.4 Å². The van der Waals surface area contributed by atoms with Crippen LogP contribution in [0.1, 0.15) is 22.3 Å². The first kappa shape index (κ1) is 9.00. The van der Waals surface area contributed by atoms with Gasteiger partial charge in [-0.1, -0.05) is 55.1 Å². The third-order valence-corrected chi connectivity index (χ3v) is 3.83. The minimum absolute atomic E-state index is 1.06. The van der Waals surface area contributed by atoms with Gasteiger partial charge in [0.1, 0.15) is 0 Å². The predicted molar refractivity (Wildman–Crippen MR) is 72.4 cm³/mol. The lowest BCUT2D eigenvalue weighted by molar-refractivity contribution is 1.31. The molecule has 2 aromatic carbocycles. The Labute approximate surface area is 101 Å². The quantitative estimate of drug-likeness (QED) is 0.619. The maximum atomic E-state index is 4.28. The zero-order valence-electron chi connectivity index (χ0n) is 9.53. The number of hydrogen-bond donors (Lipinski definition) is 0. The fraction of sp³-hybridized carbons (Fsp3) is 0.0588. The fourth-order valence-corrected chi connectivity index (χ4v) is 3.08. The van der Waals surface area contributed by atoms with Crippen molar-refractivity contribution in [2.75, 3.05) is 0 Å². The van der Waals surface area contributed by atoms with Crippen molar-refractivity contribution < 1.29 is 0 Å². The van der Waals surface area contributed by atoms with Gasteiger partial charge < -0.3 is 0 Å². The summed E-state index contributed by atoms with van der Waals surface area (Å²) < 4.78 is 0. The van der Waals surface area contributed by atoms with Crippen LogP contribution in [-0.4, -0.2) is 0 Å². The fourth-order valence-electron chi connectivity index (χ4n) is 3.08. The van der Waals surface area contributed by atoms with Crippen LogP contribution in [0.4, 0.5) is 0 Å². The molecule has 0 nitrogen and oxygen atoms in total. The first-order valence-electron chi connectivity index (χ1n) is 5.97. The topological polar surface area (TPSA) is 0 Å². The van der Waals surface area contributed by atoms with Crippen molar-refractivity contribution in [2.45, 2.75) is 6.42 Å². The summed E-state index contributed by atoms with van der Waals surface area (Å²) in [5.41, 5.74) is 9.54. The SMILES string of the molecule is C=C1C2=C(Cc3ccccc32)c2ccccc21. The lowest BCUT2D eigenvalue weighted by atomic mass is 9.96. The van der Waals surface area contributed by atoms with E-state index in [-0.39, 0.29) is 0 Å². The largest absolute Gasteiger partial charge is 0.0905 e. The van der Waals surface area contributed by atoms with Crippen molar-refractivity contribution in [2.24, 2.45) is 0 Å². The highest BCUT2D eigenvalue weighted by molar-refractivity contribution is 6.23. The Balaban J connectivity index is 2.01. The van der Waals surface area contributed by atoms with Gasteiger partial charge in [0.25, 0.3) is 0 Å². The van der Waals surface area contributed by atoms with Crippen molar-refractivity contribution in [3.8, 4) is 0 Å². The first-order chi connectivity index (χ1) is 8.36. The molecule has 0 bridgehead atoms. The van der Waals surface area contributed by atoms with Gasteiger partial charge >= 0.3 is 0 Å². The molecule has 17 heavy (non-hydrogen) atoms. The maximum Gasteiger partial charge on any atom is -0.000706 e. The van der Waals surface area contributed by atoms with E-state index < -0.39 is 0 Å². The average molecular weight is 216 g/mol. The second kappa shape index (κ2) is 2.98. The Morgan fingerprint density at radius 2 is 1.41 bits per heavy atom. The van der Waals surface area contributed by atoms with E-state index in [9.17, 15) is 0 Å². The van der Waals surface area contributed by atoms with Gasteiger partial charge in [0.2, 0.25) is 0 Å². The van der Waals surface area contributed by atoms with Crippen LogP contribution in [0, 0.1) is 0 Å². The molecule has 0 heterocycles. The standard InChI is InChI=1S/C17H12/c1-11-13-7-4-5-9-15(13)16-10-12-6-2-3-8-14(12)17(11)16/h2-9H,1,10H2. The first-order valence-corrected chi connectivity index (χ1v) is 5.97. The molecule has 0 unspecified atom stereocenters. The molecule has 0 N–H and O–H groups in total. The van der Waals surface area contributed by atoms with Gasteiger partial charge in [-0.2, -0.15) is 0 Å². The van der Waals surface area contributed by atoms with Crippen LogP contribution < -0.4 is 0 Å². The molecule has 2 aliphatic carbocycles. The summed E-state index contributed by atoms with van der Waals surface area (Å²) >= 11 is 0.